The minimum Gasteiger partial charge on any atom is -0.461 e. The van der Waals surface area contributed by atoms with E-state index in [1.54, 1.807) is 0 Å². The standard InChI is InChI=1S/C49H35NO2/c1-31-26-36(32-10-3-2-4-11-32)28-37(27-31)40-13-6-5-12-39(40)35-20-24-42-48(30-35)52-47-17-9-15-44(49(42)47)50-38-22-18-33(19-23-38)34-21-25-46-43(29-34)41-14-7-8-16-45(41)51-46/h2-28,30,43,50H,29H2,1H3. The Hall–Kier alpha value is -6.58. The molecule has 1 unspecified atom stereocenters. The number of fused-ring (bicyclic) bond motifs is 6. The zero-order valence-corrected chi connectivity index (χ0v) is 28.8. The molecule has 1 aliphatic carbocycles. The molecule has 3 heteroatoms. The van der Waals surface area contributed by atoms with Gasteiger partial charge in [-0.15, -0.1) is 0 Å². The molecule has 1 atom stereocenters. The number of ether oxygens (including phenoxy) is 1. The van der Waals surface area contributed by atoms with Gasteiger partial charge in [0.25, 0.3) is 0 Å². The lowest BCUT2D eigenvalue weighted by Crippen LogP contribution is -2.04. The van der Waals surface area contributed by atoms with Gasteiger partial charge >= 0.3 is 0 Å². The minimum absolute atomic E-state index is 0.282. The molecule has 8 aromatic rings. The Morgan fingerprint density at radius 3 is 2.17 bits per heavy atom. The predicted molar refractivity (Wildman–Crippen MR) is 215 cm³/mol. The van der Waals surface area contributed by atoms with Crippen LogP contribution in [0, 0.1) is 6.92 Å². The fourth-order valence-electron chi connectivity index (χ4n) is 8.00. The molecule has 0 spiro atoms. The third-order valence-electron chi connectivity index (χ3n) is 10.5. The number of allylic oxidation sites excluding steroid dienone is 4. The molecule has 52 heavy (non-hydrogen) atoms. The predicted octanol–water partition coefficient (Wildman–Crippen LogP) is 13.5. The summed E-state index contributed by atoms with van der Waals surface area (Å²) in [7, 11) is 0. The van der Waals surface area contributed by atoms with Gasteiger partial charge in [0.1, 0.15) is 22.7 Å². The molecule has 1 aliphatic heterocycles. The molecule has 0 radical (unpaired) electrons. The van der Waals surface area contributed by atoms with Crippen molar-refractivity contribution in [3.05, 3.63) is 192 Å². The number of anilines is 2. The Kier molecular flexibility index (Phi) is 7.17. The smallest absolute Gasteiger partial charge is 0.137 e. The lowest BCUT2D eigenvalue weighted by atomic mass is 9.85. The summed E-state index contributed by atoms with van der Waals surface area (Å²) in [6, 6.07) is 56.1. The Morgan fingerprint density at radius 1 is 0.558 bits per heavy atom. The molecule has 10 rings (SSSR count). The van der Waals surface area contributed by atoms with E-state index in [2.05, 4.69) is 176 Å². The van der Waals surface area contributed by atoms with Crippen LogP contribution in [-0.4, -0.2) is 0 Å². The highest BCUT2D eigenvalue weighted by atomic mass is 16.5. The van der Waals surface area contributed by atoms with E-state index in [4.69, 9.17) is 9.15 Å². The molecule has 0 saturated carbocycles. The molecule has 1 aromatic heterocycles. The van der Waals surface area contributed by atoms with Crippen LogP contribution in [0.1, 0.15) is 29.0 Å². The Labute approximate surface area is 303 Å². The summed E-state index contributed by atoms with van der Waals surface area (Å²) in [6.07, 6.45) is 5.27. The average molecular weight is 670 g/mol. The molecule has 0 amide bonds. The molecule has 248 valence electrons. The van der Waals surface area contributed by atoms with Gasteiger partial charge in [-0.05, 0) is 118 Å². The van der Waals surface area contributed by atoms with Crippen molar-refractivity contribution < 1.29 is 9.15 Å². The van der Waals surface area contributed by atoms with E-state index in [0.29, 0.717) is 0 Å². The molecule has 0 bridgehead atoms. The summed E-state index contributed by atoms with van der Waals surface area (Å²) in [5.41, 5.74) is 16.0. The number of aryl methyl sites for hydroxylation is 1. The highest BCUT2D eigenvalue weighted by Crippen LogP contribution is 2.47. The number of furan rings is 1. The van der Waals surface area contributed by atoms with Crippen molar-refractivity contribution in [3.8, 4) is 39.1 Å². The summed E-state index contributed by atoms with van der Waals surface area (Å²) >= 11 is 0. The van der Waals surface area contributed by atoms with Crippen molar-refractivity contribution in [2.24, 2.45) is 0 Å². The van der Waals surface area contributed by atoms with E-state index >= 15 is 0 Å². The van der Waals surface area contributed by atoms with Crippen LogP contribution in [0.2, 0.25) is 0 Å². The molecule has 0 saturated heterocycles. The molecular formula is C49H35NO2. The highest BCUT2D eigenvalue weighted by Gasteiger charge is 2.31. The van der Waals surface area contributed by atoms with Crippen molar-refractivity contribution in [2.75, 3.05) is 5.32 Å². The first-order chi connectivity index (χ1) is 25.6. The first-order valence-corrected chi connectivity index (χ1v) is 17.9. The van der Waals surface area contributed by atoms with Crippen LogP contribution >= 0.6 is 0 Å². The van der Waals surface area contributed by atoms with E-state index in [1.807, 2.05) is 6.07 Å². The summed E-state index contributed by atoms with van der Waals surface area (Å²) in [5, 5.41) is 5.87. The molecule has 0 fully saturated rings. The van der Waals surface area contributed by atoms with Crippen molar-refractivity contribution in [1.29, 1.82) is 0 Å². The van der Waals surface area contributed by atoms with Gasteiger partial charge in [-0.3, -0.25) is 0 Å². The SMILES string of the molecule is Cc1cc(-c2ccccc2)cc(-c2ccccc2-c2ccc3c(c2)oc2cccc(Nc4ccc(C5=CC=C6Oc7ccccc7C6C5)cc4)c23)c1. The minimum atomic E-state index is 0.282. The average Bonchev–Trinajstić information content (AvgIpc) is 3.76. The molecule has 7 aromatic carbocycles. The topological polar surface area (TPSA) is 34.4 Å². The molecule has 2 aliphatic rings. The quantitative estimate of drug-likeness (QED) is 0.191. The van der Waals surface area contributed by atoms with Crippen LogP contribution in [0.5, 0.6) is 5.75 Å². The highest BCUT2D eigenvalue weighted by molar-refractivity contribution is 6.13. The number of rotatable bonds is 6. The van der Waals surface area contributed by atoms with Crippen molar-refractivity contribution in [3.63, 3.8) is 0 Å². The molecule has 2 heterocycles. The van der Waals surface area contributed by atoms with Gasteiger partial charge in [0, 0.05) is 22.6 Å². The number of hydrogen-bond donors (Lipinski definition) is 1. The zero-order chi connectivity index (χ0) is 34.6. The van der Waals surface area contributed by atoms with Gasteiger partial charge in [0.2, 0.25) is 0 Å². The van der Waals surface area contributed by atoms with Crippen LogP contribution in [-0.2, 0) is 0 Å². The third-order valence-corrected chi connectivity index (χ3v) is 10.5. The number of nitrogens with one attached hydrogen (secondary N) is 1. The van der Waals surface area contributed by atoms with Crippen molar-refractivity contribution in [2.45, 2.75) is 19.3 Å². The summed E-state index contributed by atoms with van der Waals surface area (Å²) < 4.78 is 12.6. The number of benzene rings is 7. The normalized spacial score (nSPS) is 14.8. The van der Waals surface area contributed by atoms with E-state index in [0.717, 1.165) is 56.8 Å². The zero-order valence-electron chi connectivity index (χ0n) is 28.8. The Morgan fingerprint density at radius 2 is 1.31 bits per heavy atom. The van der Waals surface area contributed by atoms with E-state index < -0.39 is 0 Å². The second-order valence-electron chi connectivity index (χ2n) is 13.9. The Bertz CT molecular complexity index is 2710. The second kappa shape index (κ2) is 12.3. The first kappa shape index (κ1) is 30.3. The lowest BCUT2D eigenvalue weighted by molar-refractivity contribution is 0.426. The van der Waals surface area contributed by atoms with Gasteiger partial charge in [-0.1, -0.05) is 115 Å². The first-order valence-electron chi connectivity index (χ1n) is 17.9. The van der Waals surface area contributed by atoms with Crippen LogP contribution in [0.15, 0.2) is 180 Å². The molecule has 3 nitrogen and oxygen atoms in total. The van der Waals surface area contributed by atoms with E-state index in [9.17, 15) is 0 Å². The van der Waals surface area contributed by atoms with Crippen LogP contribution in [0.4, 0.5) is 11.4 Å². The van der Waals surface area contributed by atoms with Gasteiger partial charge in [0.15, 0.2) is 0 Å². The number of para-hydroxylation sites is 1. The summed E-state index contributed by atoms with van der Waals surface area (Å²) in [4.78, 5) is 0. The lowest BCUT2D eigenvalue weighted by Gasteiger charge is -2.18. The van der Waals surface area contributed by atoms with Gasteiger partial charge in [-0.25, -0.2) is 0 Å². The maximum absolute atomic E-state index is 6.53. The van der Waals surface area contributed by atoms with Crippen molar-refractivity contribution >= 4 is 38.9 Å². The third kappa shape index (κ3) is 5.30. The molecule has 1 N–H and O–H groups in total. The van der Waals surface area contributed by atoms with E-state index in [1.165, 1.54) is 50.1 Å². The fourth-order valence-corrected chi connectivity index (χ4v) is 8.00. The van der Waals surface area contributed by atoms with Crippen molar-refractivity contribution in [1.82, 2.24) is 0 Å². The van der Waals surface area contributed by atoms with Crippen LogP contribution in [0.3, 0.4) is 0 Å². The summed E-state index contributed by atoms with van der Waals surface area (Å²) in [5.74, 6) is 2.31. The maximum Gasteiger partial charge on any atom is 0.137 e. The van der Waals surface area contributed by atoms with Gasteiger partial charge in [0.05, 0.1) is 11.1 Å². The van der Waals surface area contributed by atoms with Crippen LogP contribution < -0.4 is 10.1 Å². The largest absolute Gasteiger partial charge is 0.461 e. The van der Waals surface area contributed by atoms with Gasteiger partial charge in [-0.2, -0.15) is 0 Å². The number of hydrogen-bond acceptors (Lipinski definition) is 3. The maximum atomic E-state index is 6.53. The summed E-state index contributed by atoms with van der Waals surface area (Å²) in [6.45, 7) is 2.17. The monoisotopic (exact) mass is 669 g/mol. The fraction of sp³-hybridized carbons (Fsp3) is 0.0612. The second-order valence-corrected chi connectivity index (χ2v) is 13.9. The van der Waals surface area contributed by atoms with Gasteiger partial charge < -0.3 is 14.5 Å². The van der Waals surface area contributed by atoms with E-state index in [-0.39, 0.29) is 5.92 Å². The van der Waals surface area contributed by atoms with Crippen LogP contribution in [0.25, 0.3) is 60.9 Å². The molecular weight excluding hydrogens is 635 g/mol. The Balaban J connectivity index is 0.947.